The molecule has 2 aliphatic rings. The molecule has 5 heterocycles. The number of imidazole rings is 1. The molecule has 8 heteroatoms. The molecule has 0 bridgehead atoms. The van der Waals surface area contributed by atoms with Gasteiger partial charge < -0.3 is 15.2 Å². The highest BCUT2D eigenvalue weighted by atomic mass is 16.2. The summed E-state index contributed by atoms with van der Waals surface area (Å²) in [6, 6.07) is 5.84. The average Bonchev–Trinajstić information content (AvgIpc) is 3.38. The first-order valence-electron chi connectivity index (χ1n) is 9.77. The van der Waals surface area contributed by atoms with Crippen LogP contribution in [0.4, 0.5) is 0 Å². The minimum absolute atomic E-state index is 0.131. The third-order valence-electron chi connectivity index (χ3n) is 5.56. The van der Waals surface area contributed by atoms with Crippen molar-refractivity contribution in [1.82, 2.24) is 34.9 Å². The quantitative estimate of drug-likeness (QED) is 0.713. The number of carbonyl (C=O) groups is 1. The molecule has 144 valence electrons. The van der Waals surface area contributed by atoms with Gasteiger partial charge in [-0.3, -0.25) is 14.5 Å². The number of pyridine rings is 1. The normalized spacial score (nSPS) is 18.6. The average molecular weight is 377 g/mol. The molecule has 2 N–H and O–H groups in total. The number of rotatable bonds is 4. The van der Waals surface area contributed by atoms with Gasteiger partial charge in [0, 0.05) is 57.0 Å². The number of H-pyrrole nitrogens is 1. The molecular weight excluding hydrogens is 354 g/mol. The van der Waals surface area contributed by atoms with Gasteiger partial charge in [-0.2, -0.15) is 5.10 Å². The van der Waals surface area contributed by atoms with E-state index in [1.54, 1.807) is 12.5 Å². The summed E-state index contributed by atoms with van der Waals surface area (Å²) in [6.45, 7) is 3.36. The summed E-state index contributed by atoms with van der Waals surface area (Å²) in [5.74, 6) is 0.131. The summed E-state index contributed by atoms with van der Waals surface area (Å²) in [7, 11) is 0. The molecule has 8 nitrogen and oxygen atoms in total. The second-order valence-electron chi connectivity index (χ2n) is 7.32. The maximum Gasteiger partial charge on any atom is 0.223 e. The van der Waals surface area contributed by atoms with Crippen molar-refractivity contribution in [3.63, 3.8) is 0 Å². The van der Waals surface area contributed by atoms with Gasteiger partial charge in [-0.25, -0.2) is 4.98 Å². The predicted octanol–water partition coefficient (Wildman–Crippen LogP) is 1.21. The third kappa shape index (κ3) is 3.09. The van der Waals surface area contributed by atoms with Crippen LogP contribution in [-0.2, 0) is 30.7 Å². The van der Waals surface area contributed by atoms with Crippen LogP contribution >= 0.6 is 0 Å². The molecule has 0 radical (unpaired) electrons. The lowest BCUT2D eigenvalue weighted by molar-refractivity contribution is -0.133. The van der Waals surface area contributed by atoms with E-state index >= 15 is 0 Å². The van der Waals surface area contributed by atoms with Crippen molar-refractivity contribution in [3.8, 4) is 0 Å². The van der Waals surface area contributed by atoms with Gasteiger partial charge in [0.25, 0.3) is 0 Å². The van der Waals surface area contributed by atoms with Crippen LogP contribution in [0.15, 0.2) is 36.9 Å². The van der Waals surface area contributed by atoms with Crippen molar-refractivity contribution < 1.29 is 4.79 Å². The first-order valence-corrected chi connectivity index (χ1v) is 9.77. The highest BCUT2D eigenvalue weighted by Crippen LogP contribution is 2.33. The number of hydrogen-bond donors (Lipinski definition) is 2. The van der Waals surface area contributed by atoms with Crippen molar-refractivity contribution in [2.75, 3.05) is 13.1 Å². The second kappa shape index (κ2) is 7.20. The lowest BCUT2D eigenvalue weighted by atomic mass is 9.96. The lowest BCUT2D eigenvalue weighted by Gasteiger charge is -2.35. The molecule has 1 atom stereocenters. The number of nitrogens with zero attached hydrogens (tertiary/aromatic N) is 5. The molecule has 3 aromatic rings. The number of amides is 1. The van der Waals surface area contributed by atoms with E-state index in [0.717, 1.165) is 48.7 Å². The molecule has 0 fully saturated rings. The van der Waals surface area contributed by atoms with E-state index < -0.39 is 0 Å². The van der Waals surface area contributed by atoms with Crippen LogP contribution in [0.5, 0.6) is 0 Å². The molecule has 5 rings (SSSR count). The molecule has 0 saturated heterocycles. The summed E-state index contributed by atoms with van der Waals surface area (Å²) < 4.78 is 2.05. The van der Waals surface area contributed by atoms with Crippen LogP contribution in [0.25, 0.3) is 0 Å². The van der Waals surface area contributed by atoms with E-state index in [-0.39, 0.29) is 11.9 Å². The summed E-state index contributed by atoms with van der Waals surface area (Å²) in [5, 5.41) is 8.00. The summed E-state index contributed by atoms with van der Waals surface area (Å²) in [6.07, 6.45) is 7.18. The van der Waals surface area contributed by atoms with Crippen molar-refractivity contribution in [2.24, 2.45) is 0 Å². The fourth-order valence-corrected chi connectivity index (χ4v) is 4.17. The predicted molar refractivity (Wildman–Crippen MR) is 102 cm³/mol. The van der Waals surface area contributed by atoms with E-state index in [4.69, 9.17) is 0 Å². The fourth-order valence-electron chi connectivity index (χ4n) is 4.17. The number of hydrogen-bond acceptors (Lipinski definition) is 5. The Morgan fingerprint density at radius 1 is 1.32 bits per heavy atom. The van der Waals surface area contributed by atoms with Gasteiger partial charge in [0.1, 0.15) is 6.04 Å². The molecule has 28 heavy (non-hydrogen) atoms. The Morgan fingerprint density at radius 3 is 3.14 bits per heavy atom. The zero-order chi connectivity index (χ0) is 18.9. The van der Waals surface area contributed by atoms with E-state index in [1.807, 2.05) is 27.9 Å². The molecule has 1 amide bonds. The Balaban J connectivity index is 1.35. The topological polar surface area (TPSA) is 91.7 Å². The SMILES string of the molecule is O=C(CCc1cc2n(n1)CCNC2)N1CCc2[nH]cnc2[C@@H]1c1cccnc1. The minimum Gasteiger partial charge on any atom is -0.348 e. The van der Waals surface area contributed by atoms with E-state index in [0.29, 0.717) is 19.4 Å². The maximum atomic E-state index is 13.2. The number of aromatic nitrogens is 5. The standard InChI is InChI=1S/C20H23N7O/c28-18(4-3-15-10-16-12-22-7-9-27(16)25-15)26-8-5-17-19(24-13-23-17)20(26)14-2-1-6-21-11-14/h1-2,6,10-11,13,20,22H,3-5,7-9,12H2,(H,23,24)/t20-/m0/s1. The number of nitrogens with one attached hydrogen (secondary N) is 2. The number of fused-ring (bicyclic) bond motifs is 2. The third-order valence-corrected chi connectivity index (χ3v) is 5.56. The first-order chi connectivity index (χ1) is 13.8. The van der Waals surface area contributed by atoms with Gasteiger partial charge >= 0.3 is 0 Å². The number of carbonyl (C=O) groups excluding carboxylic acids is 1. The van der Waals surface area contributed by atoms with E-state index in [1.165, 1.54) is 5.69 Å². The van der Waals surface area contributed by atoms with E-state index in [2.05, 4.69) is 31.4 Å². The Labute approximate surface area is 163 Å². The highest BCUT2D eigenvalue weighted by molar-refractivity contribution is 5.77. The number of aromatic amines is 1. The Kier molecular flexibility index (Phi) is 4.40. The maximum absolute atomic E-state index is 13.2. The number of aryl methyl sites for hydroxylation is 1. The Hall–Kier alpha value is -3.00. The first kappa shape index (κ1) is 17.1. The molecule has 0 aliphatic carbocycles. The van der Waals surface area contributed by atoms with Gasteiger partial charge in [-0.05, 0) is 17.7 Å². The zero-order valence-electron chi connectivity index (χ0n) is 15.6. The molecule has 0 aromatic carbocycles. The molecule has 3 aromatic heterocycles. The zero-order valence-corrected chi connectivity index (χ0v) is 15.6. The largest absolute Gasteiger partial charge is 0.348 e. The van der Waals surface area contributed by atoms with E-state index in [9.17, 15) is 4.79 Å². The van der Waals surface area contributed by atoms with Crippen molar-refractivity contribution in [3.05, 3.63) is 65.3 Å². The molecule has 0 unspecified atom stereocenters. The summed E-state index contributed by atoms with van der Waals surface area (Å²) >= 11 is 0. The monoisotopic (exact) mass is 377 g/mol. The Morgan fingerprint density at radius 2 is 2.29 bits per heavy atom. The van der Waals surface area contributed by atoms with Gasteiger partial charge in [0.2, 0.25) is 5.91 Å². The lowest BCUT2D eigenvalue weighted by Crippen LogP contribution is -2.40. The second-order valence-corrected chi connectivity index (χ2v) is 7.32. The van der Waals surface area contributed by atoms with Crippen molar-refractivity contribution in [2.45, 2.75) is 38.4 Å². The van der Waals surface area contributed by atoms with Crippen LogP contribution in [0.3, 0.4) is 0 Å². The Bertz CT molecular complexity index is 954. The summed E-state index contributed by atoms with van der Waals surface area (Å²) in [4.78, 5) is 27.1. The van der Waals surface area contributed by atoms with Gasteiger partial charge in [-0.15, -0.1) is 0 Å². The van der Waals surface area contributed by atoms with Crippen LogP contribution in [0, 0.1) is 0 Å². The summed E-state index contributed by atoms with van der Waals surface area (Å²) in [5.41, 5.74) is 5.21. The van der Waals surface area contributed by atoms with Gasteiger partial charge in [-0.1, -0.05) is 6.07 Å². The highest BCUT2D eigenvalue weighted by Gasteiger charge is 2.34. The van der Waals surface area contributed by atoms with Crippen LogP contribution in [-0.4, -0.2) is 48.6 Å². The van der Waals surface area contributed by atoms with Crippen molar-refractivity contribution in [1.29, 1.82) is 0 Å². The van der Waals surface area contributed by atoms with Gasteiger partial charge in [0.05, 0.1) is 30.0 Å². The van der Waals surface area contributed by atoms with Crippen LogP contribution in [0.1, 0.15) is 40.8 Å². The smallest absolute Gasteiger partial charge is 0.223 e. The molecule has 0 spiro atoms. The minimum atomic E-state index is -0.185. The fraction of sp³-hybridized carbons (Fsp3) is 0.400. The van der Waals surface area contributed by atoms with Crippen molar-refractivity contribution >= 4 is 5.91 Å². The van der Waals surface area contributed by atoms with Crippen LogP contribution < -0.4 is 5.32 Å². The van der Waals surface area contributed by atoms with Crippen LogP contribution in [0.2, 0.25) is 0 Å². The van der Waals surface area contributed by atoms with Gasteiger partial charge in [0.15, 0.2) is 0 Å². The molecule has 0 saturated carbocycles. The molecular formula is C20H23N7O. The molecule has 2 aliphatic heterocycles.